The molecular formula is C11H16ClN3OS. The molecule has 1 amide bonds. The van der Waals surface area contributed by atoms with Crippen molar-refractivity contribution in [2.45, 2.75) is 32.6 Å². The summed E-state index contributed by atoms with van der Waals surface area (Å²) in [4.78, 5) is 11.7. The van der Waals surface area contributed by atoms with Gasteiger partial charge < -0.3 is 5.32 Å². The Morgan fingerprint density at radius 2 is 2.24 bits per heavy atom. The third kappa shape index (κ3) is 3.39. The highest BCUT2D eigenvalue weighted by Crippen LogP contribution is 2.28. The third-order valence-electron chi connectivity index (χ3n) is 3.41. The fraction of sp³-hybridized carbons (Fsp3) is 0.727. The molecule has 1 fully saturated rings. The van der Waals surface area contributed by atoms with E-state index in [0.29, 0.717) is 21.3 Å². The first-order valence-corrected chi connectivity index (χ1v) is 7.13. The summed E-state index contributed by atoms with van der Waals surface area (Å²) in [6.07, 6.45) is 5.07. The predicted octanol–water partition coefficient (Wildman–Crippen LogP) is 2.75. The maximum Gasteiger partial charge on any atom is 0.282 e. The summed E-state index contributed by atoms with van der Waals surface area (Å²) in [5, 5.41) is 10.6. The number of rotatable bonds is 3. The van der Waals surface area contributed by atoms with Crippen LogP contribution >= 0.6 is 22.9 Å². The van der Waals surface area contributed by atoms with E-state index in [-0.39, 0.29) is 5.91 Å². The topological polar surface area (TPSA) is 54.9 Å². The molecule has 94 valence electrons. The molecule has 1 heterocycles. The molecule has 1 N–H and O–H groups in total. The van der Waals surface area contributed by atoms with Crippen molar-refractivity contribution in [2.24, 2.45) is 11.8 Å². The van der Waals surface area contributed by atoms with Crippen molar-refractivity contribution in [1.82, 2.24) is 15.5 Å². The lowest BCUT2D eigenvalue weighted by atomic mass is 9.80. The minimum Gasteiger partial charge on any atom is -0.350 e. The molecule has 1 aromatic rings. The number of halogens is 1. The summed E-state index contributed by atoms with van der Waals surface area (Å²) in [5.74, 6) is 1.13. The Labute approximate surface area is 110 Å². The quantitative estimate of drug-likeness (QED) is 0.921. The van der Waals surface area contributed by atoms with Gasteiger partial charge in [0.25, 0.3) is 5.91 Å². The van der Waals surface area contributed by atoms with Crippen LogP contribution in [0.2, 0.25) is 4.47 Å². The van der Waals surface area contributed by atoms with E-state index in [2.05, 4.69) is 22.4 Å². The van der Waals surface area contributed by atoms with Gasteiger partial charge in [0, 0.05) is 6.54 Å². The van der Waals surface area contributed by atoms with Gasteiger partial charge in [-0.2, -0.15) is 0 Å². The molecule has 6 heteroatoms. The first-order chi connectivity index (χ1) is 8.16. The molecule has 2 unspecified atom stereocenters. The number of nitrogens with one attached hydrogen (secondary N) is 1. The van der Waals surface area contributed by atoms with Crippen LogP contribution < -0.4 is 5.32 Å². The van der Waals surface area contributed by atoms with E-state index in [0.717, 1.165) is 17.9 Å². The van der Waals surface area contributed by atoms with Crippen molar-refractivity contribution in [3.05, 3.63) is 9.47 Å². The van der Waals surface area contributed by atoms with Crippen LogP contribution in [-0.2, 0) is 0 Å². The molecule has 0 bridgehead atoms. The predicted molar refractivity (Wildman–Crippen MR) is 68.4 cm³/mol. The highest BCUT2D eigenvalue weighted by molar-refractivity contribution is 7.17. The average Bonchev–Trinajstić information content (AvgIpc) is 2.74. The van der Waals surface area contributed by atoms with Gasteiger partial charge in [-0.25, -0.2) is 0 Å². The Kier molecular flexibility index (Phi) is 4.34. The summed E-state index contributed by atoms with van der Waals surface area (Å²) in [5.41, 5.74) is 0. The number of hydrogen-bond donors (Lipinski definition) is 1. The van der Waals surface area contributed by atoms with Crippen LogP contribution in [-0.4, -0.2) is 22.6 Å². The molecule has 0 aliphatic heterocycles. The molecule has 0 spiro atoms. The maximum atomic E-state index is 11.7. The van der Waals surface area contributed by atoms with E-state index in [1.54, 1.807) is 0 Å². The van der Waals surface area contributed by atoms with Gasteiger partial charge in [0.15, 0.2) is 0 Å². The standard InChI is InChI=1S/C11H16ClN3OS/c1-7-4-2-3-5-8(7)6-13-9(16)10-14-15-11(12)17-10/h7-8H,2-6H2,1H3,(H,13,16). The lowest BCUT2D eigenvalue weighted by Gasteiger charge is -2.28. The molecule has 0 saturated heterocycles. The molecule has 4 nitrogen and oxygen atoms in total. The Morgan fingerprint density at radius 1 is 1.47 bits per heavy atom. The van der Waals surface area contributed by atoms with E-state index in [1.807, 2.05) is 0 Å². The van der Waals surface area contributed by atoms with Crippen molar-refractivity contribution < 1.29 is 4.79 Å². The second-order valence-corrected chi connectivity index (χ2v) is 6.15. The molecular weight excluding hydrogens is 258 g/mol. The smallest absolute Gasteiger partial charge is 0.282 e. The van der Waals surface area contributed by atoms with Crippen LogP contribution in [0.5, 0.6) is 0 Å². The highest BCUT2D eigenvalue weighted by Gasteiger charge is 2.22. The SMILES string of the molecule is CC1CCCCC1CNC(=O)c1nnc(Cl)s1. The average molecular weight is 274 g/mol. The van der Waals surface area contributed by atoms with Gasteiger partial charge in [0.2, 0.25) is 9.47 Å². The van der Waals surface area contributed by atoms with Crippen molar-refractivity contribution in [2.75, 3.05) is 6.54 Å². The van der Waals surface area contributed by atoms with Gasteiger partial charge in [-0.05, 0) is 29.9 Å². The zero-order valence-corrected chi connectivity index (χ0v) is 11.4. The van der Waals surface area contributed by atoms with Crippen molar-refractivity contribution >= 4 is 28.8 Å². The second kappa shape index (κ2) is 5.78. The molecule has 17 heavy (non-hydrogen) atoms. The minimum absolute atomic E-state index is 0.160. The number of amides is 1. The highest BCUT2D eigenvalue weighted by atomic mass is 35.5. The largest absolute Gasteiger partial charge is 0.350 e. The zero-order valence-electron chi connectivity index (χ0n) is 9.78. The van der Waals surface area contributed by atoms with Crippen LogP contribution in [0.1, 0.15) is 42.4 Å². The van der Waals surface area contributed by atoms with E-state index in [9.17, 15) is 4.79 Å². The van der Waals surface area contributed by atoms with Crippen LogP contribution in [0.4, 0.5) is 0 Å². The number of aromatic nitrogens is 2. The summed E-state index contributed by atoms with van der Waals surface area (Å²) in [6.45, 7) is 3.00. The molecule has 1 aromatic heterocycles. The summed E-state index contributed by atoms with van der Waals surface area (Å²) in [7, 11) is 0. The van der Waals surface area contributed by atoms with E-state index in [1.165, 1.54) is 25.7 Å². The lowest BCUT2D eigenvalue weighted by molar-refractivity contribution is 0.0935. The minimum atomic E-state index is -0.160. The van der Waals surface area contributed by atoms with Gasteiger partial charge in [0.05, 0.1) is 0 Å². The Morgan fingerprint density at radius 3 is 2.88 bits per heavy atom. The first-order valence-electron chi connectivity index (χ1n) is 5.94. The Hall–Kier alpha value is -0.680. The molecule has 1 aliphatic rings. The third-order valence-corrected chi connectivity index (χ3v) is 4.43. The van der Waals surface area contributed by atoms with Crippen molar-refractivity contribution in [3.63, 3.8) is 0 Å². The fourth-order valence-corrected chi connectivity index (χ4v) is 3.04. The Balaban J connectivity index is 1.83. The van der Waals surface area contributed by atoms with Crippen LogP contribution in [0.25, 0.3) is 0 Å². The molecule has 2 atom stereocenters. The zero-order chi connectivity index (χ0) is 12.3. The van der Waals surface area contributed by atoms with Gasteiger partial charge >= 0.3 is 0 Å². The van der Waals surface area contributed by atoms with Gasteiger partial charge in [-0.3, -0.25) is 4.79 Å². The fourth-order valence-electron chi connectivity index (χ4n) is 2.29. The first kappa shape index (κ1) is 12.8. The number of carbonyl (C=O) groups excluding carboxylic acids is 1. The van der Waals surface area contributed by atoms with E-state index in [4.69, 9.17) is 11.6 Å². The molecule has 0 radical (unpaired) electrons. The molecule has 1 aliphatic carbocycles. The molecule has 0 aromatic carbocycles. The van der Waals surface area contributed by atoms with Crippen LogP contribution in [0.15, 0.2) is 0 Å². The maximum absolute atomic E-state index is 11.7. The number of nitrogens with zero attached hydrogens (tertiary/aromatic N) is 2. The summed E-state index contributed by atoms with van der Waals surface area (Å²) >= 11 is 6.76. The normalized spacial score (nSPS) is 24.6. The van der Waals surface area contributed by atoms with Crippen molar-refractivity contribution in [3.8, 4) is 0 Å². The number of hydrogen-bond acceptors (Lipinski definition) is 4. The van der Waals surface area contributed by atoms with Gasteiger partial charge in [-0.1, -0.05) is 37.5 Å². The Bertz CT molecular complexity index is 396. The number of carbonyl (C=O) groups is 1. The summed E-state index contributed by atoms with van der Waals surface area (Å²) < 4.78 is 0.307. The van der Waals surface area contributed by atoms with E-state index >= 15 is 0 Å². The van der Waals surface area contributed by atoms with Crippen LogP contribution in [0, 0.1) is 11.8 Å². The summed E-state index contributed by atoms with van der Waals surface area (Å²) in [6, 6.07) is 0. The van der Waals surface area contributed by atoms with E-state index < -0.39 is 0 Å². The second-order valence-electron chi connectivity index (χ2n) is 4.59. The van der Waals surface area contributed by atoms with Crippen LogP contribution in [0.3, 0.4) is 0 Å². The monoisotopic (exact) mass is 273 g/mol. The van der Waals surface area contributed by atoms with Gasteiger partial charge in [-0.15, -0.1) is 10.2 Å². The van der Waals surface area contributed by atoms with Crippen molar-refractivity contribution in [1.29, 1.82) is 0 Å². The molecule has 1 saturated carbocycles. The lowest BCUT2D eigenvalue weighted by Crippen LogP contribution is -2.33. The molecule has 2 rings (SSSR count). The van der Waals surface area contributed by atoms with Gasteiger partial charge in [0.1, 0.15) is 0 Å².